The lowest BCUT2D eigenvalue weighted by Gasteiger charge is -2.02. The maximum Gasteiger partial charge on any atom is 0.330 e. The Morgan fingerprint density at radius 3 is 2.78 bits per heavy atom. The van der Waals surface area contributed by atoms with Crippen molar-refractivity contribution < 1.29 is 19.2 Å². The second kappa shape index (κ2) is 6.39. The van der Waals surface area contributed by atoms with Crippen LogP contribution in [0, 0.1) is 10.1 Å². The highest BCUT2D eigenvalue weighted by molar-refractivity contribution is 5.88. The Balaban J connectivity index is 3.01. The van der Waals surface area contributed by atoms with Crippen LogP contribution in [0.2, 0.25) is 0 Å². The standard InChI is InChI=1S/C12H13NO5/c1-3-18-12(14)7-5-9-4-6-10(17-2)8-11(9)13(15)16/h4-8H,3H2,1-2H3. The van der Waals surface area contributed by atoms with Crippen molar-refractivity contribution in [1.29, 1.82) is 0 Å². The van der Waals surface area contributed by atoms with E-state index in [1.807, 2.05) is 0 Å². The molecule has 1 aromatic carbocycles. The van der Waals surface area contributed by atoms with E-state index < -0.39 is 10.9 Å². The number of carbonyl (C=O) groups excluding carboxylic acids is 1. The van der Waals surface area contributed by atoms with Gasteiger partial charge < -0.3 is 9.47 Å². The number of carbonyl (C=O) groups is 1. The van der Waals surface area contributed by atoms with Gasteiger partial charge in [0, 0.05) is 6.08 Å². The molecule has 0 aliphatic rings. The fraction of sp³-hybridized carbons (Fsp3) is 0.250. The molecule has 0 aliphatic heterocycles. The SMILES string of the molecule is CCOC(=O)C=Cc1ccc(OC)cc1[N+](=O)[O-]. The highest BCUT2D eigenvalue weighted by atomic mass is 16.6. The van der Waals surface area contributed by atoms with Gasteiger partial charge in [-0.15, -0.1) is 0 Å². The first-order chi connectivity index (χ1) is 8.58. The molecule has 0 saturated carbocycles. The number of benzene rings is 1. The van der Waals surface area contributed by atoms with Crippen molar-refractivity contribution >= 4 is 17.7 Å². The summed E-state index contributed by atoms with van der Waals surface area (Å²) in [7, 11) is 1.42. The number of ether oxygens (including phenoxy) is 2. The molecular formula is C12H13NO5. The van der Waals surface area contributed by atoms with Crippen LogP contribution >= 0.6 is 0 Å². The second-order valence-electron chi connectivity index (χ2n) is 3.27. The quantitative estimate of drug-likeness (QED) is 0.347. The largest absolute Gasteiger partial charge is 0.497 e. The fourth-order valence-corrected chi connectivity index (χ4v) is 1.30. The number of hydrogen-bond donors (Lipinski definition) is 0. The minimum absolute atomic E-state index is 0.130. The molecule has 0 heterocycles. The molecule has 0 N–H and O–H groups in total. The smallest absolute Gasteiger partial charge is 0.330 e. The molecule has 0 saturated heterocycles. The Morgan fingerprint density at radius 1 is 1.50 bits per heavy atom. The molecule has 0 aliphatic carbocycles. The number of esters is 1. The number of hydrogen-bond acceptors (Lipinski definition) is 5. The third-order valence-corrected chi connectivity index (χ3v) is 2.12. The maximum absolute atomic E-state index is 11.1. The first-order valence-corrected chi connectivity index (χ1v) is 5.25. The lowest BCUT2D eigenvalue weighted by molar-refractivity contribution is -0.385. The minimum Gasteiger partial charge on any atom is -0.497 e. The van der Waals surface area contributed by atoms with Crippen molar-refractivity contribution in [2.75, 3.05) is 13.7 Å². The molecule has 96 valence electrons. The predicted molar refractivity (Wildman–Crippen MR) is 65.3 cm³/mol. The molecule has 0 unspecified atom stereocenters. The van der Waals surface area contributed by atoms with E-state index in [2.05, 4.69) is 4.74 Å². The van der Waals surface area contributed by atoms with Gasteiger partial charge in [0.2, 0.25) is 0 Å². The zero-order valence-corrected chi connectivity index (χ0v) is 10.1. The summed E-state index contributed by atoms with van der Waals surface area (Å²) in [5.74, 6) is -0.155. The molecule has 0 amide bonds. The van der Waals surface area contributed by atoms with E-state index in [4.69, 9.17) is 4.74 Å². The van der Waals surface area contributed by atoms with Crippen LogP contribution < -0.4 is 4.74 Å². The number of nitro benzene ring substituents is 1. The number of methoxy groups -OCH3 is 1. The van der Waals surface area contributed by atoms with E-state index in [9.17, 15) is 14.9 Å². The Labute approximate surface area is 104 Å². The van der Waals surface area contributed by atoms with Crippen molar-refractivity contribution in [3.8, 4) is 5.75 Å². The lowest BCUT2D eigenvalue weighted by Crippen LogP contribution is -1.99. The average molecular weight is 251 g/mol. The van der Waals surface area contributed by atoms with Gasteiger partial charge in [-0.2, -0.15) is 0 Å². The van der Waals surface area contributed by atoms with Gasteiger partial charge in [0.05, 0.1) is 30.3 Å². The zero-order chi connectivity index (χ0) is 13.5. The summed E-state index contributed by atoms with van der Waals surface area (Å²) in [4.78, 5) is 21.4. The van der Waals surface area contributed by atoms with Gasteiger partial charge >= 0.3 is 5.97 Å². The van der Waals surface area contributed by atoms with Gasteiger partial charge in [0.25, 0.3) is 5.69 Å². The van der Waals surface area contributed by atoms with Crippen LogP contribution in [0.5, 0.6) is 5.75 Å². The highest BCUT2D eigenvalue weighted by Crippen LogP contribution is 2.25. The van der Waals surface area contributed by atoms with Gasteiger partial charge in [0.1, 0.15) is 5.75 Å². The Kier molecular flexibility index (Phi) is 4.86. The summed E-state index contributed by atoms with van der Waals surface area (Å²) in [5.41, 5.74) is 0.184. The topological polar surface area (TPSA) is 78.7 Å². The van der Waals surface area contributed by atoms with Crippen LogP contribution in [-0.4, -0.2) is 24.6 Å². The normalized spacial score (nSPS) is 10.3. The summed E-state index contributed by atoms with van der Waals surface area (Å²) in [6.07, 6.45) is 2.49. The van der Waals surface area contributed by atoms with E-state index in [0.717, 1.165) is 6.08 Å². The zero-order valence-electron chi connectivity index (χ0n) is 10.1. The van der Waals surface area contributed by atoms with E-state index >= 15 is 0 Å². The first-order valence-electron chi connectivity index (χ1n) is 5.25. The molecule has 0 aromatic heterocycles. The van der Waals surface area contributed by atoms with Crippen molar-refractivity contribution in [3.05, 3.63) is 40.0 Å². The van der Waals surface area contributed by atoms with E-state index in [-0.39, 0.29) is 12.3 Å². The van der Waals surface area contributed by atoms with Crippen LogP contribution in [0.4, 0.5) is 5.69 Å². The van der Waals surface area contributed by atoms with Crippen LogP contribution in [0.1, 0.15) is 12.5 Å². The molecule has 18 heavy (non-hydrogen) atoms. The number of nitro groups is 1. The summed E-state index contributed by atoms with van der Waals surface area (Å²) in [6, 6.07) is 4.38. The molecule has 0 spiro atoms. The molecule has 1 rings (SSSR count). The summed E-state index contributed by atoms with van der Waals surface area (Å²) < 4.78 is 9.59. The van der Waals surface area contributed by atoms with E-state index in [1.54, 1.807) is 13.0 Å². The fourth-order valence-electron chi connectivity index (χ4n) is 1.30. The van der Waals surface area contributed by atoms with Gasteiger partial charge in [-0.1, -0.05) is 0 Å². The average Bonchev–Trinajstić information content (AvgIpc) is 2.36. The van der Waals surface area contributed by atoms with Gasteiger partial charge in [0.15, 0.2) is 0 Å². The summed E-state index contributed by atoms with van der Waals surface area (Å²) in [5, 5.41) is 10.9. The molecule has 0 radical (unpaired) electrons. The van der Waals surface area contributed by atoms with Crippen LogP contribution in [-0.2, 0) is 9.53 Å². The highest BCUT2D eigenvalue weighted by Gasteiger charge is 2.13. The van der Waals surface area contributed by atoms with Gasteiger partial charge in [-0.3, -0.25) is 10.1 Å². The molecule has 1 aromatic rings. The van der Waals surface area contributed by atoms with Crippen LogP contribution in [0.15, 0.2) is 24.3 Å². The minimum atomic E-state index is -0.539. The monoisotopic (exact) mass is 251 g/mol. The number of nitrogens with zero attached hydrogens (tertiary/aromatic N) is 1. The summed E-state index contributed by atoms with van der Waals surface area (Å²) in [6.45, 7) is 1.94. The van der Waals surface area contributed by atoms with Gasteiger partial charge in [-0.25, -0.2) is 4.79 Å². The van der Waals surface area contributed by atoms with Crippen molar-refractivity contribution in [3.63, 3.8) is 0 Å². The molecule has 0 atom stereocenters. The van der Waals surface area contributed by atoms with E-state index in [1.165, 1.54) is 25.3 Å². The Hall–Kier alpha value is -2.37. The van der Waals surface area contributed by atoms with Crippen molar-refractivity contribution in [2.24, 2.45) is 0 Å². The Bertz CT molecular complexity index is 481. The maximum atomic E-state index is 11.1. The first kappa shape index (κ1) is 13.7. The third-order valence-electron chi connectivity index (χ3n) is 2.12. The Morgan fingerprint density at radius 2 is 2.22 bits per heavy atom. The van der Waals surface area contributed by atoms with Crippen molar-refractivity contribution in [2.45, 2.75) is 6.92 Å². The molecule has 6 heteroatoms. The van der Waals surface area contributed by atoms with Crippen LogP contribution in [0.3, 0.4) is 0 Å². The summed E-state index contributed by atoms with van der Waals surface area (Å²) >= 11 is 0. The number of rotatable bonds is 5. The predicted octanol–water partition coefficient (Wildman–Crippen LogP) is 2.18. The lowest BCUT2D eigenvalue weighted by atomic mass is 10.1. The van der Waals surface area contributed by atoms with Gasteiger partial charge in [-0.05, 0) is 25.1 Å². The molecular weight excluding hydrogens is 238 g/mol. The second-order valence-corrected chi connectivity index (χ2v) is 3.27. The molecule has 6 nitrogen and oxygen atoms in total. The van der Waals surface area contributed by atoms with Crippen molar-refractivity contribution in [1.82, 2.24) is 0 Å². The van der Waals surface area contributed by atoms with Crippen LogP contribution in [0.25, 0.3) is 6.08 Å². The third kappa shape index (κ3) is 3.58. The molecule has 0 bridgehead atoms. The molecule has 0 fully saturated rings. The van der Waals surface area contributed by atoms with E-state index in [0.29, 0.717) is 11.3 Å².